The Hall–Kier alpha value is -3.63. The summed E-state index contributed by atoms with van der Waals surface area (Å²) in [6, 6.07) is 15.0. The Bertz CT molecular complexity index is 1400. The summed E-state index contributed by atoms with van der Waals surface area (Å²) in [5, 5.41) is 20.8. The molecule has 0 unspecified atom stereocenters. The lowest BCUT2D eigenvalue weighted by Gasteiger charge is -2.05. The van der Waals surface area contributed by atoms with Gasteiger partial charge in [-0.15, -0.1) is 15.3 Å². The molecule has 1 N–H and O–H groups in total. The van der Waals surface area contributed by atoms with Crippen LogP contribution < -0.4 is 4.74 Å². The van der Waals surface area contributed by atoms with Crippen molar-refractivity contribution in [3.8, 4) is 39.8 Å². The fourth-order valence-corrected chi connectivity index (χ4v) is 4.06. The Labute approximate surface area is 197 Å². The van der Waals surface area contributed by atoms with Crippen LogP contribution in [0.1, 0.15) is 11.7 Å². The molecule has 33 heavy (non-hydrogen) atoms. The van der Waals surface area contributed by atoms with Crippen molar-refractivity contribution < 1.29 is 13.7 Å². The third kappa shape index (κ3) is 4.35. The van der Waals surface area contributed by atoms with Crippen molar-refractivity contribution in [1.82, 2.24) is 30.5 Å². The Morgan fingerprint density at radius 2 is 1.97 bits per heavy atom. The predicted octanol–water partition coefficient (Wildman–Crippen LogP) is 5.44. The first-order valence-corrected chi connectivity index (χ1v) is 11.2. The summed E-state index contributed by atoms with van der Waals surface area (Å²) in [5.41, 5.74) is 2.96. The van der Waals surface area contributed by atoms with Gasteiger partial charge in [0.05, 0.1) is 18.4 Å². The molecule has 166 valence electrons. The van der Waals surface area contributed by atoms with Crippen molar-refractivity contribution in [3.05, 3.63) is 65.2 Å². The van der Waals surface area contributed by atoms with Gasteiger partial charge < -0.3 is 13.7 Å². The zero-order valence-corrected chi connectivity index (χ0v) is 19.1. The number of thioether (sulfide) groups is 1. The molecule has 5 rings (SSSR count). The molecule has 0 radical (unpaired) electrons. The van der Waals surface area contributed by atoms with E-state index in [1.165, 1.54) is 11.8 Å². The van der Waals surface area contributed by atoms with E-state index in [1.807, 2.05) is 37.3 Å². The van der Waals surface area contributed by atoms with Gasteiger partial charge in [-0.2, -0.15) is 0 Å². The number of hydrogen-bond acceptors (Lipinski definition) is 9. The number of nitrogens with zero attached hydrogens (tertiary/aromatic N) is 5. The number of aryl methyl sites for hydroxylation is 1. The molecule has 0 aliphatic heterocycles. The van der Waals surface area contributed by atoms with Crippen LogP contribution in [0, 0.1) is 6.92 Å². The minimum Gasteiger partial charge on any atom is -0.496 e. The molecule has 9 nitrogen and oxygen atoms in total. The van der Waals surface area contributed by atoms with Crippen molar-refractivity contribution in [2.75, 3.05) is 7.11 Å². The number of nitrogens with one attached hydrogen (secondary N) is 1. The van der Waals surface area contributed by atoms with Crippen LogP contribution in [0.25, 0.3) is 34.1 Å². The second-order valence-electron chi connectivity index (χ2n) is 6.93. The smallest absolute Gasteiger partial charge is 0.253 e. The molecule has 0 saturated carbocycles. The molecule has 0 aliphatic carbocycles. The molecule has 3 aromatic heterocycles. The number of benzene rings is 2. The van der Waals surface area contributed by atoms with E-state index in [-0.39, 0.29) is 0 Å². The third-order valence-corrected chi connectivity index (χ3v) is 5.86. The first-order valence-electron chi connectivity index (χ1n) is 9.86. The number of aromatic amines is 1. The molecule has 0 bridgehead atoms. The normalized spacial score (nSPS) is 11.1. The lowest BCUT2D eigenvalue weighted by molar-refractivity contribution is 0.399. The summed E-state index contributed by atoms with van der Waals surface area (Å²) in [7, 11) is 1.59. The molecular weight excluding hydrogens is 464 g/mol. The van der Waals surface area contributed by atoms with Gasteiger partial charge in [0.1, 0.15) is 22.8 Å². The number of H-pyrrole nitrogens is 1. The molecule has 0 aliphatic rings. The Balaban J connectivity index is 1.33. The zero-order chi connectivity index (χ0) is 22.8. The highest BCUT2D eigenvalue weighted by atomic mass is 35.5. The van der Waals surface area contributed by atoms with Crippen molar-refractivity contribution in [2.24, 2.45) is 0 Å². The summed E-state index contributed by atoms with van der Waals surface area (Å²) in [6.45, 7) is 1.81. The lowest BCUT2D eigenvalue weighted by atomic mass is 10.1. The van der Waals surface area contributed by atoms with Gasteiger partial charge in [0.25, 0.3) is 5.89 Å². The van der Waals surface area contributed by atoms with Gasteiger partial charge in [-0.1, -0.05) is 58.9 Å². The molecule has 5 aromatic rings. The Kier molecular flexibility index (Phi) is 5.84. The standard InChI is InChI=1S/C22H17ClN6O3S/c1-12-18(19(29-32-12)13-6-4-3-5-7-13)21-27-25-17(31-21)11-33-22-24-20(26-28-22)15-10-14(23)8-9-16(15)30-2/h3-10H,11H2,1-2H3,(H,24,26,28). The fraction of sp³-hybridized carbons (Fsp3) is 0.136. The molecule has 0 fully saturated rings. The van der Waals surface area contributed by atoms with E-state index in [1.54, 1.807) is 25.3 Å². The number of hydrogen-bond donors (Lipinski definition) is 1. The molecule has 0 amide bonds. The van der Waals surface area contributed by atoms with Crippen LogP contribution in [0.3, 0.4) is 0 Å². The van der Waals surface area contributed by atoms with E-state index in [2.05, 4.69) is 30.5 Å². The summed E-state index contributed by atoms with van der Waals surface area (Å²) < 4.78 is 16.7. The van der Waals surface area contributed by atoms with Crippen molar-refractivity contribution in [1.29, 1.82) is 0 Å². The minimum absolute atomic E-state index is 0.350. The third-order valence-electron chi connectivity index (χ3n) is 4.80. The molecular formula is C22H17ClN6O3S. The number of halogens is 1. The highest BCUT2D eigenvalue weighted by Gasteiger charge is 2.22. The number of methoxy groups -OCH3 is 1. The van der Waals surface area contributed by atoms with Gasteiger partial charge in [-0.05, 0) is 25.1 Å². The van der Waals surface area contributed by atoms with Crippen LogP contribution in [0.15, 0.2) is 62.6 Å². The number of rotatable bonds is 7. The highest BCUT2D eigenvalue weighted by Crippen LogP contribution is 2.34. The van der Waals surface area contributed by atoms with E-state index in [9.17, 15) is 0 Å². The first-order chi connectivity index (χ1) is 16.1. The van der Waals surface area contributed by atoms with Gasteiger partial charge in [0.2, 0.25) is 11.0 Å². The van der Waals surface area contributed by atoms with Crippen molar-refractivity contribution in [3.63, 3.8) is 0 Å². The fourth-order valence-electron chi connectivity index (χ4n) is 3.25. The maximum absolute atomic E-state index is 6.12. The summed E-state index contributed by atoms with van der Waals surface area (Å²) in [6.07, 6.45) is 0. The SMILES string of the molecule is COc1ccc(Cl)cc1-c1nc(SCc2nnc(-c3c(-c4ccccc4)noc3C)o2)n[nH]1. The minimum atomic E-state index is 0.350. The largest absolute Gasteiger partial charge is 0.496 e. The highest BCUT2D eigenvalue weighted by molar-refractivity contribution is 7.98. The molecule has 11 heteroatoms. The molecule has 0 spiro atoms. The number of aromatic nitrogens is 6. The zero-order valence-electron chi connectivity index (χ0n) is 17.6. The van der Waals surface area contributed by atoms with Crippen LogP contribution in [0.2, 0.25) is 5.02 Å². The van der Waals surface area contributed by atoms with E-state index in [0.29, 0.717) is 56.3 Å². The van der Waals surface area contributed by atoms with Gasteiger partial charge in [0, 0.05) is 10.6 Å². The molecule has 0 atom stereocenters. The van der Waals surface area contributed by atoms with E-state index in [4.69, 9.17) is 25.3 Å². The quantitative estimate of drug-likeness (QED) is 0.304. The number of ether oxygens (including phenoxy) is 1. The van der Waals surface area contributed by atoms with Crippen LogP contribution >= 0.6 is 23.4 Å². The van der Waals surface area contributed by atoms with Crippen molar-refractivity contribution >= 4 is 23.4 Å². The maximum atomic E-state index is 6.12. The second kappa shape index (κ2) is 9.08. The summed E-state index contributed by atoms with van der Waals surface area (Å²) in [4.78, 5) is 4.51. The average molecular weight is 481 g/mol. The molecule has 3 heterocycles. The van der Waals surface area contributed by atoms with Crippen LogP contribution in [0.4, 0.5) is 0 Å². The van der Waals surface area contributed by atoms with Crippen LogP contribution in [-0.4, -0.2) is 37.6 Å². The molecule has 0 saturated heterocycles. The first kappa shape index (κ1) is 21.2. The van der Waals surface area contributed by atoms with Crippen LogP contribution in [0.5, 0.6) is 5.75 Å². The van der Waals surface area contributed by atoms with Gasteiger partial charge >= 0.3 is 0 Å². The summed E-state index contributed by atoms with van der Waals surface area (Å²) in [5.74, 6) is 2.97. The maximum Gasteiger partial charge on any atom is 0.253 e. The lowest BCUT2D eigenvalue weighted by Crippen LogP contribution is -1.89. The Morgan fingerprint density at radius 3 is 2.79 bits per heavy atom. The van der Waals surface area contributed by atoms with E-state index >= 15 is 0 Å². The van der Waals surface area contributed by atoms with Gasteiger partial charge in [0.15, 0.2) is 5.82 Å². The van der Waals surface area contributed by atoms with E-state index < -0.39 is 0 Å². The van der Waals surface area contributed by atoms with Crippen molar-refractivity contribution in [2.45, 2.75) is 17.8 Å². The monoisotopic (exact) mass is 480 g/mol. The Morgan fingerprint density at radius 1 is 1.12 bits per heavy atom. The van der Waals surface area contributed by atoms with Gasteiger partial charge in [-0.25, -0.2) is 4.98 Å². The molecule has 2 aromatic carbocycles. The average Bonchev–Trinajstić information content (AvgIpc) is 3.58. The predicted molar refractivity (Wildman–Crippen MR) is 123 cm³/mol. The van der Waals surface area contributed by atoms with Gasteiger partial charge in [-0.3, -0.25) is 5.10 Å². The van der Waals surface area contributed by atoms with E-state index in [0.717, 1.165) is 11.1 Å². The summed E-state index contributed by atoms with van der Waals surface area (Å²) >= 11 is 7.48. The van der Waals surface area contributed by atoms with Crippen LogP contribution in [-0.2, 0) is 5.75 Å². The second-order valence-corrected chi connectivity index (χ2v) is 8.31. The topological polar surface area (TPSA) is 116 Å².